The number of fused-ring (bicyclic) bond motifs is 1. The summed E-state index contributed by atoms with van der Waals surface area (Å²) in [7, 11) is 0. The second-order valence-corrected chi connectivity index (χ2v) is 6.88. The smallest absolute Gasteiger partial charge is 0.127 e. The lowest BCUT2D eigenvalue weighted by atomic mass is 9.97. The maximum absolute atomic E-state index is 9.81. The molecule has 0 spiro atoms. The number of nitrogens with two attached hydrogens (primary N) is 1. The summed E-state index contributed by atoms with van der Waals surface area (Å²) in [6.45, 7) is 0. The van der Waals surface area contributed by atoms with Gasteiger partial charge in [0.1, 0.15) is 22.1 Å². The van der Waals surface area contributed by atoms with Gasteiger partial charge in [0.2, 0.25) is 0 Å². The number of benzene rings is 1. The minimum absolute atomic E-state index is 0.463. The number of aromatic nitrogens is 1. The molecule has 1 saturated carbocycles. The maximum atomic E-state index is 9.81. The lowest BCUT2D eigenvalue weighted by Gasteiger charge is -2.17. The molecule has 1 heterocycles. The summed E-state index contributed by atoms with van der Waals surface area (Å²) < 4.78 is 2.61. The Bertz CT molecular complexity index is 938. The van der Waals surface area contributed by atoms with Crippen molar-refractivity contribution in [3.05, 3.63) is 57.2 Å². The summed E-state index contributed by atoms with van der Waals surface area (Å²) in [4.78, 5) is 0. The molecule has 2 aromatic rings. The van der Waals surface area contributed by atoms with Gasteiger partial charge in [-0.15, -0.1) is 0 Å². The van der Waals surface area contributed by atoms with E-state index in [2.05, 4.69) is 6.07 Å². The summed E-state index contributed by atoms with van der Waals surface area (Å²) >= 11 is 5.77. The third-order valence-corrected chi connectivity index (χ3v) is 5.63. The van der Waals surface area contributed by atoms with Crippen LogP contribution in [0.15, 0.2) is 35.9 Å². The third-order valence-electron chi connectivity index (χ3n) is 5.20. The van der Waals surface area contributed by atoms with Gasteiger partial charge in [-0.3, -0.25) is 4.57 Å². The van der Waals surface area contributed by atoms with Crippen molar-refractivity contribution in [2.24, 2.45) is 0 Å². The molecule has 4 heteroatoms. The molecule has 0 radical (unpaired) electrons. The van der Waals surface area contributed by atoms with Crippen molar-refractivity contribution >= 4 is 23.6 Å². The number of nitriles is 1. The van der Waals surface area contributed by atoms with E-state index in [0.29, 0.717) is 11.4 Å². The van der Waals surface area contributed by atoms with Crippen LogP contribution in [0.25, 0.3) is 11.3 Å². The number of rotatable bonds is 1. The van der Waals surface area contributed by atoms with E-state index in [9.17, 15) is 5.26 Å². The first-order chi connectivity index (χ1) is 11.7. The van der Waals surface area contributed by atoms with Crippen LogP contribution in [-0.2, 0) is 6.42 Å². The summed E-state index contributed by atoms with van der Waals surface area (Å²) in [5.74, 6) is 0.463. The standard InChI is InChI=1S/C20H19N3S/c21-12-17-18-15(13-6-4-5-7-13)10-11-16(18)20(24)23(19(17)22)14-8-2-1-3-9-14/h1-3,8-9H,4-7,10-11,22H2. The lowest BCUT2D eigenvalue weighted by Crippen LogP contribution is -2.11. The largest absolute Gasteiger partial charge is 0.384 e. The van der Waals surface area contributed by atoms with E-state index in [1.807, 2.05) is 34.9 Å². The molecule has 1 aromatic heterocycles. The summed E-state index contributed by atoms with van der Waals surface area (Å²) in [6, 6.07) is 12.2. The zero-order chi connectivity index (χ0) is 16.7. The number of hydrogen-bond acceptors (Lipinski definition) is 3. The Morgan fingerprint density at radius 1 is 1.04 bits per heavy atom. The molecule has 3 nitrogen and oxygen atoms in total. The Hall–Kier alpha value is -2.38. The lowest BCUT2D eigenvalue weighted by molar-refractivity contribution is 0.886. The van der Waals surface area contributed by atoms with Crippen molar-refractivity contribution in [3.63, 3.8) is 0 Å². The van der Waals surface area contributed by atoms with Crippen molar-refractivity contribution in [3.8, 4) is 11.8 Å². The van der Waals surface area contributed by atoms with E-state index < -0.39 is 0 Å². The molecule has 0 unspecified atom stereocenters. The highest BCUT2D eigenvalue weighted by molar-refractivity contribution is 7.71. The number of nitrogen functional groups attached to an aromatic ring is 1. The van der Waals surface area contributed by atoms with Gasteiger partial charge in [0.25, 0.3) is 0 Å². The maximum Gasteiger partial charge on any atom is 0.127 e. The fourth-order valence-electron chi connectivity index (χ4n) is 4.09. The highest BCUT2D eigenvalue weighted by Crippen LogP contribution is 2.43. The first-order valence-electron chi connectivity index (χ1n) is 8.46. The van der Waals surface area contributed by atoms with Crippen LogP contribution in [0.2, 0.25) is 0 Å². The van der Waals surface area contributed by atoms with Gasteiger partial charge in [0.05, 0.1) is 0 Å². The monoisotopic (exact) mass is 333 g/mol. The van der Waals surface area contributed by atoms with Crippen LogP contribution >= 0.6 is 12.2 Å². The molecule has 0 bridgehead atoms. The predicted molar refractivity (Wildman–Crippen MR) is 99.4 cm³/mol. The van der Waals surface area contributed by atoms with Crippen molar-refractivity contribution in [2.75, 3.05) is 5.73 Å². The second kappa shape index (κ2) is 5.92. The van der Waals surface area contributed by atoms with E-state index in [0.717, 1.165) is 47.1 Å². The van der Waals surface area contributed by atoms with Gasteiger partial charge in [-0.1, -0.05) is 36.0 Å². The van der Waals surface area contributed by atoms with Crippen LogP contribution in [0.4, 0.5) is 5.82 Å². The van der Waals surface area contributed by atoms with Gasteiger partial charge < -0.3 is 5.73 Å². The topological polar surface area (TPSA) is 54.7 Å². The molecule has 0 atom stereocenters. The number of allylic oxidation sites excluding steroid dienone is 2. The van der Waals surface area contributed by atoms with E-state index in [-0.39, 0.29) is 0 Å². The molecule has 2 aliphatic rings. The van der Waals surface area contributed by atoms with Gasteiger partial charge in [0, 0.05) is 11.3 Å². The molecule has 2 N–H and O–H groups in total. The first kappa shape index (κ1) is 15.2. The Labute approximate surface area is 147 Å². The molecule has 120 valence electrons. The highest BCUT2D eigenvalue weighted by Gasteiger charge is 2.28. The van der Waals surface area contributed by atoms with Crippen LogP contribution in [0, 0.1) is 16.0 Å². The minimum atomic E-state index is 0.463. The molecule has 0 saturated heterocycles. The molecule has 2 aliphatic carbocycles. The zero-order valence-corrected chi connectivity index (χ0v) is 14.3. The van der Waals surface area contributed by atoms with Crippen molar-refractivity contribution in [1.29, 1.82) is 5.26 Å². The first-order valence-corrected chi connectivity index (χ1v) is 8.87. The fourth-order valence-corrected chi connectivity index (χ4v) is 4.49. The number of pyridine rings is 1. The van der Waals surface area contributed by atoms with E-state index in [1.165, 1.54) is 24.0 Å². The normalized spacial score (nSPS) is 16.3. The second-order valence-electron chi connectivity index (χ2n) is 6.49. The molecule has 0 aliphatic heterocycles. The fraction of sp³-hybridized carbons (Fsp3) is 0.300. The molecular formula is C20H19N3S. The zero-order valence-electron chi connectivity index (χ0n) is 13.5. The van der Waals surface area contributed by atoms with Crippen molar-refractivity contribution in [1.82, 2.24) is 4.57 Å². The van der Waals surface area contributed by atoms with Crippen LogP contribution in [0.3, 0.4) is 0 Å². The van der Waals surface area contributed by atoms with Gasteiger partial charge in [0.15, 0.2) is 0 Å². The SMILES string of the molecule is N#Cc1c2c(c(=S)n(-c3ccccc3)c1N)CCC2=C1CCCC1. The summed E-state index contributed by atoms with van der Waals surface area (Å²) in [6.07, 6.45) is 6.71. The average molecular weight is 333 g/mol. The highest BCUT2D eigenvalue weighted by atomic mass is 32.1. The number of anilines is 1. The van der Waals surface area contributed by atoms with Crippen LogP contribution in [0.5, 0.6) is 0 Å². The average Bonchev–Trinajstić information content (AvgIpc) is 3.25. The van der Waals surface area contributed by atoms with E-state index >= 15 is 0 Å². The number of nitrogens with zero attached hydrogens (tertiary/aromatic N) is 2. The molecule has 1 aromatic carbocycles. The van der Waals surface area contributed by atoms with Gasteiger partial charge in [-0.05, 0) is 61.8 Å². The molecule has 4 rings (SSSR count). The van der Waals surface area contributed by atoms with Crippen molar-refractivity contribution in [2.45, 2.75) is 38.5 Å². The number of hydrogen-bond donors (Lipinski definition) is 1. The van der Waals surface area contributed by atoms with Crippen LogP contribution in [0.1, 0.15) is 48.8 Å². The van der Waals surface area contributed by atoms with Gasteiger partial charge >= 0.3 is 0 Å². The number of para-hydroxylation sites is 1. The quantitative estimate of drug-likeness (QED) is 0.752. The summed E-state index contributed by atoms with van der Waals surface area (Å²) in [5, 5.41) is 9.81. The van der Waals surface area contributed by atoms with Crippen LogP contribution < -0.4 is 5.73 Å². The summed E-state index contributed by atoms with van der Waals surface area (Å²) in [5.41, 5.74) is 12.9. The van der Waals surface area contributed by atoms with Gasteiger partial charge in [-0.2, -0.15) is 5.26 Å². The molecule has 24 heavy (non-hydrogen) atoms. The predicted octanol–water partition coefficient (Wildman–Crippen LogP) is 4.93. The molecular weight excluding hydrogens is 314 g/mol. The Morgan fingerprint density at radius 3 is 2.42 bits per heavy atom. The Balaban J connectivity index is 2.03. The molecule has 1 fully saturated rings. The Morgan fingerprint density at radius 2 is 1.75 bits per heavy atom. The third kappa shape index (κ3) is 2.20. The Kier molecular flexibility index (Phi) is 3.74. The minimum Gasteiger partial charge on any atom is -0.384 e. The van der Waals surface area contributed by atoms with E-state index in [1.54, 1.807) is 0 Å². The van der Waals surface area contributed by atoms with Gasteiger partial charge in [-0.25, -0.2) is 0 Å². The van der Waals surface area contributed by atoms with Crippen LogP contribution in [-0.4, -0.2) is 4.57 Å². The van der Waals surface area contributed by atoms with E-state index in [4.69, 9.17) is 18.0 Å². The van der Waals surface area contributed by atoms with Crippen molar-refractivity contribution < 1.29 is 0 Å². The molecule has 0 amide bonds.